The summed E-state index contributed by atoms with van der Waals surface area (Å²) in [4.78, 5) is 16.8. The van der Waals surface area contributed by atoms with Crippen LogP contribution >= 0.6 is 0 Å². The number of nitrogens with one attached hydrogen (secondary N) is 1. The Morgan fingerprint density at radius 2 is 2.19 bits per heavy atom. The SMILES string of the molecule is COCCc1[nH]c(S(C)(=O)=O)nc1C(=O)O. The number of aromatic amines is 1. The van der Waals surface area contributed by atoms with E-state index in [2.05, 4.69) is 9.97 Å². The van der Waals surface area contributed by atoms with Crippen LogP contribution in [0.25, 0.3) is 0 Å². The van der Waals surface area contributed by atoms with Gasteiger partial charge in [0.25, 0.3) is 0 Å². The van der Waals surface area contributed by atoms with Gasteiger partial charge in [-0.1, -0.05) is 0 Å². The Morgan fingerprint density at radius 3 is 2.62 bits per heavy atom. The fourth-order valence-corrected chi connectivity index (χ4v) is 1.69. The van der Waals surface area contributed by atoms with Crippen LogP contribution in [0, 0.1) is 0 Å². The van der Waals surface area contributed by atoms with Crippen molar-refractivity contribution >= 4 is 15.8 Å². The highest BCUT2D eigenvalue weighted by atomic mass is 32.2. The number of sulfone groups is 1. The number of imidazole rings is 1. The molecule has 0 aliphatic rings. The quantitative estimate of drug-likeness (QED) is 0.740. The summed E-state index contributed by atoms with van der Waals surface area (Å²) in [5, 5.41) is 8.49. The first-order valence-corrected chi connectivity index (χ1v) is 6.26. The third-order valence-corrected chi connectivity index (χ3v) is 2.76. The average molecular weight is 248 g/mol. The van der Waals surface area contributed by atoms with E-state index in [1.165, 1.54) is 7.11 Å². The highest BCUT2D eigenvalue weighted by Gasteiger charge is 2.21. The molecule has 1 aromatic rings. The third kappa shape index (κ3) is 2.80. The molecule has 0 aliphatic carbocycles. The molecule has 0 aromatic carbocycles. The molecule has 7 nitrogen and oxygen atoms in total. The van der Waals surface area contributed by atoms with Gasteiger partial charge < -0.3 is 14.8 Å². The van der Waals surface area contributed by atoms with Crippen LogP contribution in [0.1, 0.15) is 16.2 Å². The maximum Gasteiger partial charge on any atom is 0.356 e. The van der Waals surface area contributed by atoms with Crippen molar-refractivity contribution in [1.29, 1.82) is 0 Å². The third-order valence-electron chi connectivity index (χ3n) is 1.87. The second kappa shape index (κ2) is 4.62. The first-order chi connectivity index (χ1) is 7.36. The summed E-state index contributed by atoms with van der Waals surface area (Å²) in [6.07, 6.45) is 1.22. The van der Waals surface area contributed by atoms with Gasteiger partial charge in [-0.05, 0) is 0 Å². The predicted octanol–water partition coefficient (Wildman–Crippen LogP) is -0.300. The summed E-state index contributed by atoms with van der Waals surface area (Å²) in [6.45, 7) is 0.283. The summed E-state index contributed by atoms with van der Waals surface area (Å²) in [5.74, 6) is -1.27. The molecule has 0 bridgehead atoms. The second-order valence-electron chi connectivity index (χ2n) is 3.19. The van der Waals surface area contributed by atoms with Crippen LogP contribution in [0.4, 0.5) is 0 Å². The van der Waals surface area contributed by atoms with E-state index in [-0.39, 0.29) is 29.6 Å². The normalized spacial score (nSPS) is 11.6. The molecule has 0 spiro atoms. The van der Waals surface area contributed by atoms with Crippen molar-refractivity contribution < 1.29 is 23.1 Å². The summed E-state index contributed by atoms with van der Waals surface area (Å²) < 4.78 is 27.1. The van der Waals surface area contributed by atoms with Crippen molar-refractivity contribution in [3.63, 3.8) is 0 Å². The zero-order valence-corrected chi connectivity index (χ0v) is 9.67. The molecule has 0 aliphatic heterocycles. The fraction of sp³-hybridized carbons (Fsp3) is 0.500. The van der Waals surface area contributed by atoms with E-state index in [1.54, 1.807) is 0 Å². The van der Waals surface area contributed by atoms with Crippen molar-refractivity contribution in [2.45, 2.75) is 11.6 Å². The molecule has 0 saturated carbocycles. The Balaban J connectivity index is 3.15. The van der Waals surface area contributed by atoms with Crippen molar-refractivity contribution in [3.8, 4) is 0 Å². The van der Waals surface area contributed by atoms with Crippen molar-refractivity contribution in [2.75, 3.05) is 20.0 Å². The Kier molecular flexibility index (Phi) is 3.66. The van der Waals surface area contributed by atoms with Crippen LogP contribution in [-0.4, -0.2) is 49.4 Å². The summed E-state index contributed by atoms with van der Waals surface area (Å²) in [6, 6.07) is 0. The molecular formula is C8H12N2O5S. The Hall–Kier alpha value is -1.41. The van der Waals surface area contributed by atoms with E-state index in [9.17, 15) is 13.2 Å². The van der Waals surface area contributed by atoms with Gasteiger partial charge in [-0.2, -0.15) is 0 Å². The first kappa shape index (κ1) is 12.7. The van der Waals surface area contributed by atoms with E-state index in [0.29, 0.717) is 0 Å². The van der Waals surface area contributed by atoms with Crippen LogP contribution < -0.4 is 0 Å². The lowest BCUT2D eigenvalue weighted by atomic mass is 10.2. The van der Waals surface area contributed by atoms with E-state index < -0.39 is 15.8 Å². The molecule has 0 atom stereocenters. The predicted molar refractivity (Wildman–Crippen MR) is 54.2 cm³/mol. The molecule has 8 heteroatoms. The van der Waals surface area contributed by atoms with Gasteiger partial charge in [0, 0.05) is 19.8 Å². The molecule has 1 aromatic heterocycles. The number of hydrogen-bond acceptors (Lipinski definition) is 5. The first-order valence-electron chi connectivity index (χ1n) is 4.37. The second-order valence-corrected chi connectivity index (χ2v) is 5.12. The van der Waals surface area contributed by atoms with Crippen LogP contribution in [0.3, 0.4) is 0 Å². The molecule has 2 N–H and O–H groups in total. The Bertz CT molecular complexity index is 491. The van der Waals surface area contributed by atoms with Crippen LogP contribution in [0.15, 0.2) is 5.16 Å². The van der Waals surface area contributed by atoms with E-state index >= 15 is 0 Å². The molecule has 0 amide bonds. The van der Waals surface area contributed by atoms with Crippen LogP contribution in [-0.2, 0) is 21.0 Å². The van der Waals surface area contributed by atoms with Crippen molar-refractivity contribution in [2.24, 2.45) is 0 Å². The minimum Gasteiger partial charge on any atom is -0.476 e. The number of carboxylic acid groups (broad SMARTS) is 1. The molecule has 1 heterocycles. The van der Waals surface area contributed by atoms with Crippen molar-refractivity contribution in [3.05, 3.63) is 11.4 Å². The number of ether oxygens (including phenoxy) is 1. The molecule has 1 rings (SSSR count). The highest BCUT2D eigenvalue weighted by molar-refractivity contribution is 7.90. The van der Waals surface area contributed by atoms with Gasteiger partial charge >= 0.3 is 5.97 Å². The van der Waals surface area contributed by atoms with Gasteiger partial charge in [0.15, 0.2) is 5.69 Å². The maximum atomic E-state index is 11.2. The number of carbonyl (C=O) groups is 1. The summed E-state index contributed by atoms with van der Waals surface area (Å²) >= 11 is 0. The lowest BCUT2D eigenvalue weighted by Gasteiger charge is -1.97. The summed E-state index contributed by atoms with van der Waals surface area (Å²) in [7, 11) is -2.07. The lowest BCUT2D eigenvalue weighted by Crippen LogP contribution is -2.04. The van der Waals surface area contributed by atoms with E-state index in [1.807, 2.05) is 0 Å². The zero-order valence-electron chi connectivity index (χ0n) is 8.85. The molecule has 0 radical (unpaired) electrons. The standard InChI is InChI=1S/C8H12N2O5S/c1-15-4-3-5-6(7(11)12)10-8(9-5)16(2,13)14/h3-4H2,1-2H3,(H,9,10)(H,11,12). The van der Waals surface area contributed by atoms with Gasteiger partial charge in [-0.25, -0.2) is 18.2 Å². The van der Waals surface area contributed by atoms with Crippen LogP contribution in [0.2, 0.25) is 0 Å². The van der Waals surface area contributed by atoms with Gasteiger partial charge in [0.1, 0.15) is 0 Å². The zero-order chi connectivity index (χ0) is 12.3. The topological polar surface area (TPSA) is 109 Å². The molecule has 0 saturated heterocycles. The molecule has 0 fully saturated rings. The van der Waals surface area contributed by atoms with E-state index in [0.717, 1.165) is 6.26 Å². The number of aromatic nitrogens is 2. The number of H-pyrrole nitrogens is 1. The molecule has 0 unspecified atom stereocenters. The number of rotatable bonds is 5. The molecular weight excluding hydrogens is 236 g/mol. The Morgan fingerprint density at radius 1 is 1.56 bits per heavy atom. The monoisotopic (exact) mass is 248 g/mol. The van der Waals surface area contributed by atoms with Crippen LogP contribution in [0.5, 0.6) is 0 Å². The average Bonchev–Trinajstić information content (AvgIpc) is 2.57. The van der Waals surface area contributed by atoms with Gasteiger partial charge in [-0.15, -0.1) is 0 Å². The lowest BCUT2D eigenvalue weighted by molar-refractivity contribution is 0.0689. The maximum absolute atomic E-state index is 11.2. The largest absolute Gasteiger partial charge is 0.476 e. The van der Waals surface area contributed by atoms with Gasteiger partial charge in [-0.3, -0.25) is 0 Å². The smallest absolute Gasteiger partial charge is 0.356 e. The van der Waals surface area contributed by atoms with Gasteiger partial charge in [0.2, 0.25) is 15.0 Å². The molecule has 16 heavy (non-hydrogen) atoms. The highest BCUT2D eigenvalue weighted by Crippen LogP contribution is 2.11. The number of hydrogen-bond donors (Lipinski definition) is 2. The number of nitrogens with zero attached hydrogens (tertiary/aromatic N) is 1. The molecule has 90 valence electrons. The Labute approximate surface area is 92.4 Å². The minimum absolute atomic E-state index is 0.245. The van der Waals surface area contributed by atoms with Gasteiger partial charge in [0.05, 0.1) is 12.3 Å². The van der Waals surface area contributed by atoms with Crippen molar-refractivity contribution in [1.82, 2.24) is 9.97 Å². The minimum atomic E-state index is -3.53. The number of methoxy groups -OCH3 is 1. The van der Waals surface area contributed by atoms with E-state index in [4.69, 9.17) is 9.84 Å². The summed E-state index contributed by atoms with van der Waals surface area (Å²) in [5.41, 5.74) is -0.0350. The number of aromatic carboxylic acids is 1. The number of carboxylic acids is 1. The fourth-order valence-electron chi connectivity index (χ4n) is 1.12.